The van der Waals surface area contributed by atoms with Crippen molar-refractivity contribution in [1.29, 1.82) is 0 Å². The molecule has 0 aromatic heterocycles. The molecule has 1 amide bonds. The average Bonchev–Trinajstić information content (AvgIpc) is 2.17. The van der Waals surface area contributed by atoms with Crippen LogP contribution < -0.4 is 0 Å². The topological polar surface area (TPSA) is 29.5 Å². The maximum Gasteiger partial charge on any atom is 0.249 e. The highest BCUT2D eigenvalue weighted by Gasteiger charge is 2.24. The van der Waals surface area contributed by atoms with Crippen molar-refractivity contribution in [2.24, 2.45) is 5.92 Å². The molecule has 1 aliphatic rings. The normalized spacial score (nSPS) is 19.2. The van der Waals surface area contributed by atoms with Crippen LogP contribution in [0.3, 0.4) is 0 Å². The van der Waals surface area contributed by atoms with Crippen molar-refractivity contribution in [3.63, 3.8) is 0 Å². The number of nitrogens with zero attached hydrogens (tertiary/aromatic N) is 1. The van der Waals surface area contributed by atoms with Crippen LogP contribution in [0.15, 0.2) is 0 Å². The Hall–Kier alpha value is -0.220. The second-order valence-electron chi connectivity index (χ2n) is 2.90. The molecule has 0 aromatic carbocycles. The molecule has 12 heavy (non-hydrogen) atoms. The summed E-state index contributed by atoms with van der Waals surface area (Å²) in [4.78, 5) is 16.4. The number of thioether (sulfide) groups is 1. The van der Waals surface area contributed by atoms with Gasteiger partial charge in [-0.15, -0.1) is 0 Å². The van der Waals surface area contributed by atoms with Crippen molar-refractivity contribution >= 4 is 17.7 Å². The summed E-state index contributed by atoms with van der Waals surface area (Å²) in [5.41, 5.74) is 0. The van der Waals surface area contributed by atoms with Gasteiger partial charge in [-0.1, -0.05) is 0 Å². The van der Waals surface area contributed by atoms with E-state index in [9.17, 15) is 4.79 Å². The van der Waals surface area contributed by atoms with Crippen LogP contribution in [-0.4, -0.2) is 36.6 Å². The largest absolute Gasteiger partial charge is 0.275 e. The zero-order valence-electron chi connectivity index (χ0n) is 7.58. The third kappa shape index (κ3) is 2.38. The lowest BCUT2D eigenvalue weighted by atomic mass is 10.0. The van der Waals surface area contributed by atoms with Crippen LogP contribution in [0.5, 0.6) is 0 Å². The fourth-order valence-electron chi connectivity index (χ4n) is 1.29. The molecular formula is C8H15NO2S. The molecule has 3 nitrogen and oxygen atoms in total. The van der Waals surface area contributed by atoms with Crippen molar-refractivity contribution < 1.29 is 9.63 Å². The Morgan fingerprint density at radius 3 is 2.58 bits per heavy atom. The molecule has 1 saturated heterocycles. The molecule has 1 aliphatic heterocycles. The van der Waals surface area contributed by atoms with Gasteiger partial charge in [0.2, 0.25) is 5.91 Å². The molecule has 1 fully saturated rings. The van der Waals surface area contributed by atoms with Crippen LogP contribution in [0.1, 0.15) is 12.8 Å². The molecule has 70 valence electrons. The molecule has 0 radical (unpaired) electrons. The minimum absolute atomic E-state index is 0.123. The number of rotatable bonds is 2. The van der Waals surface area contributed by atoms with Gasteiger partial charge in [-0.25, -0.2) is 5.06 Å². The number of carbonyl (C=O) groups excluding carboxylic acids is 1. The molecule has 1 heterocycles. The van der Waals surface area contributed by atoms with Crippen LogP contribution in [0.25, 0.3) is 0 Å². The summed E-state index contributed by atoms with van der Waals surface area (Å²) in [6, 6.07) is 0. The molecule has 0 aliphatic carbocycles. The summed E-state index contributed by atoms with van der Waals surface area (Å²) < 4.78 is 0. The molecule has 0 atom stereocenters. The molecule has 4 heteroatoms. The lowest BCUT2D eigenvalue weighted by Gasteiger charge is -2.24. The molecular weight excluding hydrogens is 174 g/mol. The van der Waals surface area contributed by atoms with Crippen LogP contribution in [-0.2, 0) is 9.63 Å². The Morgan fingerprint density at radius 2 is 2.08 bits per heavy atom. The van der Waals surface area contributed by atoms with Gasteiger partial charge in [0.25, 0.3) is 0 Å². The minimum Gasteiger partial charge on any atom is -0.275 e. The first kappa shape index (κ1) is 9.86. The van der Waals surface area contributed by atoms with Gasteiger partial charge < -0.3 is 0 Å². The Bertz CT molecular complexity index is 157. The van der Waals surface area contributed by atoms with Crippen molar-refractivity contribution in [3.05, 3.63) is 0 Å². The third-order valence-corrected chi connectivity index (χ3v) is 3.20. The lowest BCUT2D eigenvalue weighted by Crippen LogP contribution is -2.33. The van der Waals surface area contributed by atoms with E-state index in [1.165, 1.54) is 12.2 Å². The summed E-state index contributed by atoms with van der Waals surface area (Å²) in [6.07, 6.45) is 1.99. The van der Waals surface area contributed by atoms with Crippen LogP contribution in [0.2, 0.25) is 0 Å². The molecule has 0 N–H and O–H groups in total. The van der Waals surface area contributed by atoms with Crippen molar-refractivity contribution in [2.45, 2.75) is 12.8 Å². The average molecular weight is 189 g/mol. The number of amides is 1. The maximum absolute atomic E-state index is 11.5. The fourth-order valence-corrected chi connectivity index (χ4v) is 2.40. The van der Waals surface area contributed by atoms with Gasteiger partial charge in [0.05, 0.1) is 7.11 Å². The number of carbonyl (C=O) groups is 1. The lowest BCUT2D eigenvalue weighted by molar-refractivity contribution is -0.173. The van der Waals surface area contributed by atoms with Gasteiger partial charge in [0.15, 0.2) is 0 Å². The van der Waals surface area contributed by atoms with Crippen LogP contribution >= 0.6 is 11.8 Å². The molecule has 1 rings (SSSR count). The predicted octanol–water partition coefficient (Wildman–Crippen LogP) is 1.15. The monoisotopic (exact) mass is 189 g/mol. The number of hydrogen-bond donors (Lipinski definition) is 0. The van der Waals surface area contributed by atoms with E-state index in [4.69, 9.17) is 4.84 Å². The first-order valence-electron chi connectivity index (χ1n) is 4.15. The zero-order chi connectivity index (χ0) is 8.97. The number of hydrogen-bond acceptors (Lipinski definition) is 3. The zero-order valence-corrected chi connectivity index (χ0v) is 8.39. The third-order valence-electron chi connectivity index (χ3n) is 2.15. The molecule has 0 unspecified atom stereocenters. The molecule has 0 saturated carbocycles. The second kappa shape index (κ2) is 4.72. The Kier molecular flexibility index (Phi) is 3.88. The van der Waals surface area contributed by atoms with E-state index in [2.05, 4.69) is 0 Å². The van der Waals surface area contributed by atoms with E-state index in [1.54, 1.807) is 7.05 Å². The Labute approximate surface area is 77.4 Å². The number of hydroxylamine groups is 2. The highest BCUT2D eigenvalue weighted by molar-refractivity contribution is 7.99. The first-order chi connectivity index (χ1) is 5.75. The maximum atomic E-state index is 11.5. The SMILES string of the molecule is CON(C)C(=O)C1CCSCC1. The van der Waals surface area contributed by atoms with Crippen molar-refractivity contribution in [1.82, 2.24) is 5.06 Å². The van der Waals surface area contributed by atoms with E-state index in [0.29, 0.717) is 0 Å². The van der Waals surface area contributed by atoms with E-state index in [-0.39, 0.29) is 11.8 Å². The van der Waals surface area contributed by atoms with Gasteiger partial charge >= 0.3 is 0 Å². The van der Waals surface area contributed by atoms with Gasteiger partial charge in [-0.3, -0.25) is 9.63 Å². The van der Waals surface area contributed by atoms with E-state index in [1.807, 2.05) is 11.8 Å². The van der Waals surface area contributed by atoms with Crippen molar-refractivity contribution in [2.75, 3.05) is 25.7 Å². The Morgan fingerprint density at radius 1 is 1.50 bits per heavy atom. The fraction of sp³-hybridized carbons (Fsp3) is 0.875. The quantitative estimate of drug-likeness (QED) is 0.610. The van der Waals surface area contributed by atoms with E-state index >= 15 is 0 Å². The second-order valence-corrected chi connectivity index (χ2v) is 4.13. The smallest absolute Gasteiger partial charge is 0.249 e. The van der Waals surface area contributed by atoms with Crippen LogP contribution in [0, 0.1) is 5.92 Å². The molecule has 0 spiro atoms. The minimum atomic E-state index is 0.123. The summed E-state index contributed by atoms with van der Waals surface area (Å²) in [6.45, 7) is 0. The van der Waals surface area contributed by atoms with Crippen LogP contribution in [0.4, 0.5) is 0 Å². The summed E-state index contributed by atoms with van der Waals surface area (Å²) in [7, 11) is 3.19. The van der Waals surface area contributed by atoms with Gasteiger partial charge in [0, 0.05) is 13.0 Å². The van der Waals surface area contributed by atoms with Gasteiger partial charge in [-0.05, 0) is 24.3 Å². The molecule has 0 aromatic rings. The standard InChI is InChI=1S/C8H15NO2S/c1-9(11-2)8(10)7-3-5-12-6-4-7/h7H,3-6H2,1-2H3. The van der Waals surface area contributed by atoms with E-state index in [0.717, 1.165) is 24.3 Å². The van der Waals surface area contributed by atoms with E-state index < -0.39 is 0 Å². The summed E-state index contributed by atoms with van der Waals surface area (Å²) in [5, 5.41) is 1.33. The highest BCUT2D eigenvalue weighted by atomic mass is 32.2. The molecule has 0 bridgehead atoms. The summed E-state index contributed by atoms with van der Waals surface area (Å²) >= 11 is 1.92. The van der Waals surface area contributed by atoms with Gasteiger partial charge in [-0.2, -0.15) is 11.8 Å². The highest BCUT2D eigenvalue weighted by Crippen LogP contribution is 2.23. The van der Waals surface area contributed by atoms with Crippen molar-refractivity contribution in [3.8, 4) is 0 Å². The first-order valence-corrected chi connectivity index (χ1v) is 5.30. The Balaban J connectivity index is 2.39. The predicted molar refractivity (Wildman–Crippen MR) is 49.8 cm³/mol. The van der Waals surface area contributed by atoms with Gasteiger partial charge in [0.1, 0.15) is 0 Å². The summed E-state index contributed by atoms with van der Waals surface area (Å²) in [5.74, 6) is 2.52.